The Kier molecular flexibility index (Phi) is 6.36. The minimum absolute atomic E-state index is 0.0603. The first-order valence-electron chi connectivity index (χ1n) is 9.81. The number of nitrogens with zero attached hydrogens (tertiary/aromatic N) is 4. The van der Waals surface area contributed by atoms with Gasteiger partial charge >= 0.3 is 6.36 Å². The molecule has 0 fully saturated rings. The van der Waals surface area contributed by atoms with Crippen molar-refractivity contribution in [2.24, 2.45) is 13.0 Å². The average Bonchev–Trinajstić information content (AvgIpc) is 3.12. The van der Waals surface area contributed by atoms with Crippen LogP contribution in [-0.4, -0.2) is 42.6 Å². The summed E-state index contributed by atoms with van der Waals surface area (Å²) >= 11 is 0. The summed E-state index contributed by atoms with van der Waals surface area (Å²) in [6.07, 6.45) is -1.49. The Balaban J connectivity index is 2.00. The Morgan fingerprint density at radius 2 is 1.81 bits per heavy atom. The predicted octanol–water partition coefficient (Wildman–Crippen LogP) is 4.42. The number of aromatic nitrogens is 4. The zero-order valence-corrected chi connectivity index (χ0v) is 18.0. The van der Waals surface area contributed by atoms with Crippen molar-refractivity contribution < 1.29 is 27.8 Å². The number of rotatable bonds is 7. The summed E-state index contributed by atoms with van der Waals surface area (Å²) < 4.78 is 42.8. The summed E-state index contributed by atoms with van der Waals surface area (Å²) in [4.78, 5) is 21.8. The third-order valence-corrected chi connectivity index (χ3v) is 5.06. The maximum absolute atomic E-state index is 12.9. The van der Waals surface area contributed by atoms with Gasteiger partial charge in [0.25, 0.3) is 0 Å². The molecule has 0 aliphatic carbocycles. The van der Waals surface area contributed by atoms with Crippen LogP contribution >= 0.6 is 0 Å². The van der Waals surface area contributed by atoms with Crippen LogP contribution in [0.2, 0.25) is 0 Å². The molecule has 0 radical (unpaired) electrons. The van der Waals surface area contributed by atoms with Crippen molar-refractivity contribution >= 4 is 5.78 Å². The van der Waals surface area contributed by atoms with Gasteiger partial charge in [0.1, 0.15) is 11.4 Å². The molecule has 2 heterocycles. The summed E-state index contributed by atoms with van der Waals surface area (Å²) in [5.41, 5.74) is 0.510. The van der Waals surface area contributed by atoms with E-state index in [0.717, 1.165) is 0 Å². The Bertz CT molecular complexity index is 1100. The van der Waals surface area contributed by atoms with E-state index in [1.54, 1.807) is 44.9 Å². The lowest BCUT2D eigenvalue weighted by Crippen LogP contribution is -2.30. The molecule has 0 aliphatic rings. The normalized spacial score (nSPS) is 13.1. The van der Waals surface area contributed by atoms with Crippen molar-refractivity contribution in [3.63, 3.8) is 0 Å². The summed E-state index contributed by atoms with van der Waals surface area (Å²) in [5, 5.41) is 14.3. The van der Waals surface area contributed by atoms with Crippen LogP contribution in [0.15, 0.2) is 42.7 Å². The molecule has 0 bridgehead atoms. The average molecular weight is 448 g/mol. The maximum atomic E-state index is 12.9. The molecule has 170 valence electrons. The zero-order chi connectivity index (χ0) is 23.7. The van der Waals surface area contributed by atoms with Gasteiger partial charge in [0.05, 0.1) is 23.1 Å². The van der Waals surface area contributed by atoms with Gasteiger partial charge in [-0.3, -0.25) is 9.48 Å². The SMILES string of the molecule is C[C@H](CC(=O)c1cc(-c2ccc(OC(F)(F)F)cc2)nc(-c2cnn(C)c2)n1)C(C)(C)O. The predicted molar refractivity (Wildman–Crippen MR) is 111 cm³/mol. The number of halogens is 3. The van der Waals surface area contributed by atoms with E-state index in [1.165, 1.54) is 30.3 Å². The molecule has 3 rings (SSSR count). The number of ether oxygens (including phenoxy) is 1. The van der Waals surface area contributed by atoms with Crippen molar-refractivity contribution in [3.8, 4) is 28.4 Å². The number of benzene rings is 1. The first-order chi connectivity index (χ1) is 14.8. The quantitative estimate of drug-likeness (QED) is 0.538. The third kappa shape index (κ3) is 5.91. The van der Waals surface area contributed by atoms with Crippen LogP contribution < -0.4 is 4.74 Å². The number of hydrogen-bond acceptors (Lipinski definition) is 6. The highest BCUT2D eigenvalue weighted by Gasteiger charge is 2.31. The standard InChI is InChI=1S/C22H23F3N4O3/c1-13(21(2,3)31)9-19(30)18-10-17(27-20(28-18)15-11-26-29(4)12-15)14-5-7-16(8-6-14)32-22(23,24)25/h5-8,10-13,31H,9H2,1-4H3/t13-/m1/s1. The second-order valence-corrected chi connectivity index (χ2v) is 8.12. The molecule has 10 heteroatoms. The number of aryl methyl sites for hydroxylation is 1. The van der Waals surface area contributed by atoms with Crippen molar-refractivity contribution in [3.05, 3.63) is 48.4 Å². The molecule has 1 aromatic carbocycles. The highest BCUT2D eigenvalue weighted by Crippen LogP contribution is 2.28. The summed E-state index contributed by atoms with van der Waals surface area (Å²) in [5.74, 6) is -0.719. The third-order valence-electron chi connectivity index (χ3n) is 5.06. The fraction of sp³-hybridized carbons (Fsp3) is 0.364. The van der Waals surface area contributed by atoms with Crippen molar-refractivity contribution in [1.29, 1.82) is 0 Å². The molecular formula is C22H23F3N4O3. The van der Waals surface area contributed by atoms with Crippen LogP contribution in [0.1, 0.15) is 37.7 Å². The second-order valence-electron chi connectivity index (χ2n) is 8.12. The highest BCUT2D eigenvalue weighted by molar-refractivity contribution is 5.95. The van der Waals surface area contributed by atoms with E-state index in [0.29, 0.717) is 16.8 Å². The molecule has 1 atom stereocenters. The molecule has 0 amide bonds. The lowest BCUT2D eigenvalue weighted by Gasteiger charge is -2.25. The van der Waals surface area contributed by atoms with Gasteiger partial charge in [-0.2, -0.15) is 5.10 Å². The van der Waals surface area contributed by atoms with Gasteiger partial charge in [-0.1, -0.05) is 6.92 Å². The number of carbonyl (C=O) groups excluding carboxylic acids is 1. The van der Waals surface area contributed by atoms with Crippen LogP contribution in [-0.2, 0) is 7.05 Å². The Morgan fingerprint density at radius 3 is 2.34 bits per heavy atom. The first-order valence-corrected chi connectivity index (χ1v) is 9.81. The Hall–Kier alpha value is -3.27. The zero-order valence-electron chi connectivity index (χ0n) is 18.0. The minimum atomic E-state index is -4.79. The van der Waals surface area contributed by atoms with Gasteiger partial charge in [-0.05, 0) is 50.1 Å². The molecule has 0 saturated heterocycles. The van der Waals surface area contributed by atoms with E-state index in [-0.39, 0.29) is 35.4 Å². The molecular weight excluding hydrogens is 425 g/mol. The molecule has 0 saturated carbocycles. The summed E-state index contributed by atoms with van der Waals surface area (Å²) in [6.45, 7) is 5.02. The first kappa shape index (κ1) is 23.4. The number of alkyl halides is 3. The van der Waals surface area contributed by atoms with E-state index < -0.39 is 12.0 Å². The Labute approximate surface area is 182 Å². The topological polar surface area (TPSA) is 90.1 Å². The van der Waals surface area contributed by atoms with Crippen molar-refractivity contribution in [2.45, 2.75) is 39.2 Å². The number of carbonyl (C=O) groups is 1. The van der Waals surface area contributed by atoms with Gasteiger partial charge in [0.15, 0.2) is 11.6 Å². The monoisotopic (exact) mass is 448 g/mol. The van der Waals surface area contributed by atoms with E-state index in [1.807, 2.05) is 0 Å². The van der Waals surface area contributed by atoms with Gasteiger partial charge in [0.2, 0.25) is 0 Å². The van der Waals surface area contributed by atoms with Crippen LogP contribution in [0.3, 0.4) is 0 Å². The lowest BCUT2D eigenvalue weighted by molar-refractivity contribution is -0.274. The molecule has 0 spiro atoms. The number of hydrogen-bond donors (Lipinski definition) is 1. The molecule has 2 aromatic heterocycles. The molecule has 3 aromatic rings. The lowest BCUT2D eigenvalue weighted by atomic mass is 9.88. The van der Waals surface area contributed by atoms with Crippen LogP contribution in [0.25, 0.3) is 22.6 Å². The smallest absolute Gasteiger partial charge is 0.406 e. The Morgan fingerprint density at radius 1 is 1.16 bits per heavy atom. The molecule has 0 unspecified atom stereocenters. The van der Waals surface area contributed by atoms with Gasteiger partial charge < -0.3 is 9.84 Å². The molecule has 1 N–H and O–H groups in total. The second kappa shape index (κ2) is 8.70. The van der Waals surface area contributed by atoms with E-state index >= 15 is 0 Å². The molecule has 32 heavy (non-hydrogen) atoms. The van der Waals surface area contributed by atoms with Crippen molar-refractivity contribution in [1.82, 2.24) is 19.7 Å². The fourth-order valence-corrected chi connectivity index (χ4v) is 2.86. The van der Waals surface area contributed by atoms with Crippen LogP contribution in [0.5, 0.6) is 5.75 Å². The summed E-state index contributed by atoms with van der Waals surface area (Å²) in [6, 6.07) is 6.67. The highest BCUT2D eigenvalue weighted by atomic mass is 19.4. The maximum Gasteiger partial charge on any atom is 0.573 e. The fourth-order valence-electron chi connectivity index (χ4n) is 2.86. The largest absolute Gasteiger partial charge is 0.573 e. The molecule has 7 nitrogen and oxygen atoms in total. The van der Waals surface area contributed by atoms with Crippen LogP contribution in [0.4, 0.5) is 13.2 Å². The summed E-state index contributed by atoms with van der Waals surface area (Å²) in [7, 11) is 1.73. The van der Waals surface area contributed by atoms with E-state index in [4.69, 9.17) is 0 Å². The van der Waals surface area contributed by atoms with Crippen LogP contribution in [0, 0.1) is 5.92 Å². The van der Waals surface area contributed by atoms with Gasteiger partial charge in [-0.15, -0.1) is 13.2 Å². The van der Waals surface area contributed by atoms with E-state index in [9.17, 15) is 23.1 Å². The number of Topliss-reactive ketones (excluding diaryl/α,β-unsaturated/α-hetero) is 1. The van der Waals surface area contributed by atoms with Crippen molar-refractivity contribution in [2.75, 3.05) is 0 Å². The molecule has 0 aliphatic heterocycles. The number of aliphatic hydroxyl groups is 1. The number of ketones is 1. The van der Waals surface area contributed by atoms with Gasteiger partial charge in [0, 0.05) is 25.2 Å². The van der Waals surface area contributed by atoms with E-state index in [2.05, 4.69) is 19.8 Å². The minimum Gasteiger partial charge on any atom is -0.406 e. The van der Waals surface area contributed by atoms with Gasteiger partial charge in [-0.25, -0.2) is 9.97 Å².